The smallest absolute Gasteiger partial charge is 0.301 e. The van der Waals surface area contributed by atoms with E-state index in [1.807, 2.05) is 31.2 Å². The summed E-state index contributed by atoms with van der Waals surface area (Å²) in [6, 6.07) is 18.9. The molecule has 4 aromatic rings. The highest BCUT2D eigenvalue weighted by molar-refractivity contribution is 8.00. The van der Waals surface area contributed by atoms with Crippen LogP contribution in [0.3, 0.4) is 0 Å². The molecule has 3 heterocycles. The number of halogens is 1. The van der Waals surface area contributed by atoms with Crippen LogP contribution in [0.15, 0.2) is 76.6 Å². The number of carbonyl (C=O) groups excluding carboxylic acids is 2. The number of hydrogen-bond acceptors (Lipinski definition) is 9. The van der Waals surface area contributed by atoms with Gasteiger partial charge in [-0.2, -0.15) is 0 Å². The van der Waals surface area contributed by atoms with Crippen molar-refractivity contribution in [2.24, 2.45) is 0 Å². The Hall–Kier alpha value is -3.86. The molecule has 8 nitrogen and oxygen atoms in total. The van der Waals surface area contributed by atoms with Crippen LogP contribution in [-0.2, 0) is 21.8 Å². The monoisotopic (exact) mass is 605 g/mol. The number of nitrogens with zero attached hydrogens (tertiary/aromatic N) is 3. The van der Waals surface area contributed by atoms with E-state index in [4.69, 9.17) is 21.1 Å². The van der Waals surface area contributed by atoms with Gasteiger partial charge in [0.15, 0.2) is 4.34 Å². The number of thioether (sulfide) groups is 1. The maximum Gasteiger partial charge on any atom is 0.301 e. The van der Waals surface area contributed by atoms with Gasteiger partial charge in [-0.1, -0.05) is 59.0 Å². The Morgan fingerprint density at radius 1 is 1.15 bits per heavy atom. The number of rotatable bonds is 7. The number of carbonyl (C=O) groups is 2. The molecular weight excluding hydrogens is 582 g/mol. The van der Waals surface area contributed by atoms with Crippen LogP contribution in [0.5, 0.6) is 11.5 Å². The quantitative estimate of drug-likeness (QED) is 0.0844. The summed E-state index contributed by atoms with van der Waals surface area (Å²) in [5, 5.41) is 21.0. The van der Waals surface area contributed by atoms with Crippen molar-refractivity contribution in [3.63, 3.8) is 0 Å². The van der Waals surface area contributed by atoms with Gasteiger partial charge >= 0.3 is 5.91 Å². The number of aromatic nitrogens is 2. The number of benzene rings is 3. The number of ketones is 1. The zero-order valence-electron chi connectivity index (χ0n) is 22.0. The zero-order chi connectivity index (χ0) is 28.7. The van der Waals surface area contributed by atoms with E-state index in [0.717, 1.165) is 16.9 Å². The van der Waals surface area contributed by atoms with E-state index >= 15 is 0 Å². The van der Waals surface area contributed by atoms with Crippen molar-refractivity contribution in [1.82, 2.24) is 10.2 Å². The van der Waals surface area contributed by atoms with E-state index in [1.165, 1.54) is 28.0 Å². The molecule has 2 aliphatic rings. The summed E-state index contributed by atoms with van der Waals surface area (Å²) in [6.07, 6.45) is 0.708. The molecule has 0 aliphatic carbocycles. The summed E-state index contributed by atoms with van der Waals surface area (Å²) in [5.74, 6) is 0.0752. The van der Waals surface area contributed by atoms with Gasteiger partial charge in [0.05, 0.1) is 18.7 Å². The Bertz CT molecular complexity index is 1690. The summed E-state index contributed by atoms with van der Waals surface area (Å²) in [6.45, 7) is 1.97. The molecule has 41 heavy (non-hydrogen) atoms. The summed E-state index contributed by atoms with van der Waals surface area (Å²) >= 11 is 8.66. The third-order valence-corrected chi connectivity index (χ3v) is 9.28. The average Bonchev–Trinajstić information content (AvgIpc) is 3.67. The Kier molecular flexibility index (Phi) is 7.46. The first-order valence-electron chi connectivity index (χ1n) is 12.8. The minimum atomic E-state index is -0.935. The first kappa shape index (κ1) is 27.3. The predicted octanol–water partition coefficient (Wildman–Crippen LogP) is 6.44. The highest BCUT2D eigenvalue weighted by atomic mass is 35.5. The van der Waals surface area contributed by atoms with Crippen LogP contribution in [-0.4, -0.2) is 40.2 Å². The lowest BCUT2D eigenvalue weighted by Crippen LogP contribution is -2.29. The fourth-order valence-corrected chi connectivity index (χ4v) is 6.91. The van der Waals surface area contributed by atoms with Gasteiger partial charge in [0.1, 0.15) is 23.4 Å². The number of aliphatic hydroxyl groups excluding tert-OH is 1. The zero-order valence-corrected chi connectivity index (χ0v) is 24.4. The SMILES string of the molecule is COc1cccc(C2/C(=C(\O)c3ccc4c(c3)CC(C)O4)C(=O)C(=O)N2c2nnc(SCc3ccc(Cl)cc3)s2)c1. The third kappa shape index (κ3) is 5.30. The first-order valence-corrected chi connectivity index (χ1v) is 15.0. The maximum absolute atomic E-state index is 13.5. The molecule has 2 atom stereocenters. The van der Waals surface area contributed by atoms with Crippen molar-refractivity contribution in [3.05, 3.63) is 99.6 Å². The standard InChI is InChI=1S/C30H24ClN3O5S2/c1-16-12-20-13-19(8-11-23(20)39-16)26(35)24-25(18-4-3-5-22(14-18)38-2)34(28(37)27(24)36)29-32-33-30(41-29)40-15-17-6-9-21(31)10-7-17/h3-11,13-14,16,25,35H,12,15H2,1-2H3/b26-24+. The molecule has 0 bridgehead atoms. The largest absolute Gasteiger partial charge is 0.507 e. The van der Waals surface area contributed by atoms with Gasteiger partial charge in [-0.25, -0.2) is 0 Å². The molecule has 2 unspecified atom stereocenters. The Labute approximate surface area is 249 Å². The van der Waals surface area contributed by atoms with E-state index in [1.54, 1.807) is 49.6 Å². The number of aliphatic hydroxyl groups is 1. The minimum absolute atomic E-state index is 0.0221. The minimum Gasteiger partial charge on any atom is -0.507 e. The van der Waals surface area contributed by atoms with Crippen molar-refractivity contribution in [1.29, 1.82) is 0 Å². The number of hydrogen-bond donors (Lipinski definition) is 1. The van der Waals surface area contributed by atoms with Crippen LogP contribution in [0.2, 0.25) is 5.02 Å². The highest BCUT2D eigenvalue weighted by Crippen LogP contribution is 2.45. The topological polar surface area (TPSA) is 102 Å². The molecule has 208 valence electrons. The number of amides is 1. The molecule has 0 radical (unpaired) electrons. The fourth-order valence-electron chi connectivity index (χ4n) is 4.97. The molecule has 1 amide bonds. The Morgan fingerprint density at radius 2 is 1.95 bits per heavy atom. The lowest BCUT2D eigenvalue weighted by atomic mass is 9.94. The second kappa shape index (κ2) is 11.2. The van der Waals surface area contributed by atoms with Crippen molar-refractivity contribution in [3.8, 4) is 11.5 Å². The van der Waals surface area contributed by atoms with Gasteiger partial charge in [0.2, 0.25) is 5.13 Å². The van der Waals surface area contributed by atoms with Gasteiger partial charge in [-0.05, 0) is 66.1 Å². The summed E-state index contributed by atoms with van der Waals surface area (Å²) < 4.78 is 11.8. The molecule has 1 fully saturated rings. The van der Waals surface area contributed by atoms with E-state index in [0.29, 0.717) is 38.4 Å². The van der Waals surface area contributed by atoms with Crippen molar-refractivity contribution in [2.45, 2.75) is 35.6 Å². The number of methoxy groups -OCH3 is 1. The van der Waals surface area contributed by atoms with Gasteiger partial charge in [-0.3, -0.25) is 14.5 Å². The van der Waals surface area contributed by atoms with Gasteiger partial charge in [0.25, 0.3) is 5.78 Å². The van der Waals surface area contributed by atoms with Crippen LogP contribution >= 0.6 is 34.7 Å². The van der Waals surface area contributed by atoms with E-state index in [2.05, 4.69) is 10.2 Å². The maximum atomic E-state index is 13.5. The molecular formula is C30H24ClN3O5S2. The van der Waals surface area contributed by atoms with Crippen LogP contribution in [0.1, 0.15) is 35.2 Å². The average molecular weight is 606 g/mol. The molecule has 1 saturated heterocycles. The molecule has 1 N–H and O–H groups in total. The predicted molar refractivity (Wildman–Crippen MR) is 159 cm³/mol. The van der Waals surface area contributed by atoms with Gasteiger partial charge in [0, 0.05) is 22.8 Å². The second-order valence-electron chi connectivity index (χ2n) is 9.67. The van der Waals surface area contributed by atoms with Crippen molar-refractivity contribution in [2.75, 3.05) is 12.0 Å². The molecule has 0 spiro atoms. The van der Waals surface area contributed by atoms with Gasteiger partial charge < -0.3 is 14.6 Å². The van der Waals surface area contributed by atoms with Crippen LogP contribution in [0, 0.1) is 0 Å². The highest BCUT2D eigenvalue weighted by Gasteiger charge is 2.48. The molecule has 0 saturated carbocycles. The summed E-state index contributed by atoms with van der Waals surface area (Å²) in [4.78, 5) is 28.4. The normalized spacial score (nSPS) is 19.3. The Balaban J connectivity index is 1.39. The lowest BCUT2D eigenvalue weighted by Gasteiger charge is -2.23. The first-order chi connectivity index (χ1) is 19.8. The number of anilines is 1. The Morgan fingerprint density at radius 3 is 2.73 bits per heavy atom. The molecule has 2 aliphatic heterocycles. The fraction of sp³-hybridized carbons (Fsp3) is 0.200. The van der Waals surface area contributed by atoms with Crippen LogP contribution < -0.4 is 14.4 Å². The van der Waals surface area contributed by atoms with Crippen LogP contribution in [0.25, 0.3) is 5.76 Å². The van der Waals surface area contributed by atoms with Gasteiger partial charge in [-0.15, -0.1) is 10.2 Å². The van der Waals surface area contributed by atoms with Crippen molar-refractivity contribution < 1.29 is 24.2 Å². The van der Waals surface area contributed by atoms with E-state index in [-0.39, 0.29) is 22.6 Å². The number of ether oxygens (including phenoxy) is 2. The van der Waals surface area contributed by atoms with Crippen molar-refractivity contribution >= 4 is 57.3 Å². The molecule has 3 aromatic carbocycles. The third-order valence-electron chi connectivity index (χ3n) is 6.90. The number of Topliss-reactive ketones (excluding diaryl/α,β-unsaturated/α-hetero) is 1. The number of fused-ring (bicyclic) bond motifs is 1. The van der Waals surface area contributed by atoms with E-state index < -0.39 is 17.7 Å². The summed E-state index contributed by atoms with van der Waals surface area (Å²) in [7, 11) is 1.54. The van der Waals surface area contributed by atoms with E-state index in [9.17, 15) is 14.7 Å². The second-order valence-corrected chi connectivity index (χ2v) is 12.3. The molecule has 6 rings (SSSR count). The summed E-state index contributed by atoms with van der Waals surface area (Å²) in [5.41, 5.74) is 2.99. The molecule has 1 aromatic heterocycles. The van der Waals surface area contributed by atoms with Crippen LogP contribution in [0.4, 0.5) is 5.13 Å². The molecule has 11 heteroatoms. The lowest BCUT2D eigenvalue weighted by molar-refractivity contribution is -0.132.